The second-order valence-corrected chi connectivity index (χ2v) is 7.61. The highest BCUT2D eigenvalue weighted by atomic mass is 19.1. The van der Waals surface area contributed by atoms with Crippen LogP contribution in [-0.2, 0) is 11.3 Å². The molecule has 11 heteroatoms. The van der Waals surface area contributed by atoms with Crippen molar-refractivity contribution in [1.82, 2.24) is 34.7 Å². The van der Waals surface area contributed by atoms with Crippen LogP contribution in [-0.4, -0.2) is 48.4 Å². The van der Waals surface area contributed by atoms with Crippen LogP contribution in [0.5, 0.6) is 5.88 Å². The Morgan fingerprint density at radius 2 is 1.94 bits per heavy atom. The minimum Gasteiger partial charge on any atom is -0.475 e. The lowest BCUT2D eigenvalue weighted by Crippen LogP contribution is -2.34. The summed E-state index contributed by atoms with van der Waals surface area (Å²) < 4.78 is 21.6. The van der Waals surface area contributed by atoms with Crippen LogP contribution in [0.25, 0.3) is 17.0 Å². The molecule has 33 heavy (non-hydrogen) atoms. The fraction of sp³-hybridized carbons (Fsp3) is 0.273. The molecular formula is C22H22FN7O3. The third kappa shape index (κ3) is 5.20. The number of aromatic nitrogens is 6. The number of hydrogen-bond acceptors (Lipinski definition) is 7. The molecule has 0 saturated carbocycles. The molecule has 1 N–H and O–H groups in total. The van der Waals surface area contributed by atoms with E-state index in [9.17, 15) is 14.0 Å². The van der Waals surface area contributed by atoms with Crippen molar-refractivity contribution in [2.75, 3.05) is 13.2 Å². The SMILES string of the molecule is CC(C)c1cc(=O)n(CC(=O)NCCOc2ccc3nnc(-c4ccc(F)cc4)n3n2)cn1. The second-order valence-electron chi connectivity index (χ2n) is 7.61. The molecule has 0 spiro atoms. The molecule has 0 atom stereocenters. The van der Waals surface area contributed by atoms with Gasteiger partial charge in [0.15, 0.2) is 11.5 Å². The topological polar surface area (TPSA) is 116 Å². The molecule has 0 fully saturated rings. The molecule has 4 rings (SSSR count). The van der Waals surface area contributed by atoms with Gasteiger partial charge in [-0.25, -0.2) is 9.37 Å². The molecule has 1 amide bonds. The number of carbonyl (C=O) groups excluding carboxylic acids is 1. The number of fused-ring (bicyclic) bond motifs is 1. The van der Waals surface area contributed by atoms with E-state index < -0.39 is 0 Å². The van der Waals surface area contributed by atoms with Crippen molar-refractivity contribution in [2.24, 2.45) is 0 Å². The van der Waals surface area contributed by atoms with Crippen molar-refractivity contribution in [2.45, 2.75) is 26.3 Å². The first-order valence-electron chi connectivity index (χ1n) is 10.3. The van der Waals surface area contributed by atoms with Crippen LogP contribution in [0, 0.1) is 5.82 Å². The van der Waals surface area contributed by atoms with Crippen molar-refractivity contribution < 1.29 is 13.9 Å². The number of ether oxygens (including phenoxy) is 1. The molecule has 0 aliphatic heterocycles. The zero-order chi connectivity index (χ0) is 23.4. The Labute approximate surface area is 188 Å². The second kappa shape index (κ2) is 9.55. The minimum atomic E-state index is -0.347. The maximum atomic E-state index is 13.2. The fourth-order valence-electron chi connectivity index (χ4n) is 3.06. The van der Waals surface area contributed by atoms with Crippen molar-refractivity contribution in [1.29, 1.82) is 0 Å². The first-order chi connectivity index (χ1) is 15.9. The highest BCUT2D eigenvalue weighted by molar-refractivity contribution is 5.75. The Bertz CT molecular complexity index is 1330. The Morgan fingerprint density at radius 3 is 2.67 bits per heavy atom. The number of benzene rings is 1. The van der Waals surface area contributed by atoms with Crippen LogP contribution in [0.3, 0.4) is 0 Å². The number of halogens is 1. The molecular weight excluding hydrogens is 429 g/mol. The summed E-state index contributed by atoms with van der Waals surface area (Å²) in [7, 11) is 0. The summed E-state index contributed by atoms with van der Waals surface area (Å²) in [6.45, 7) is 4.14. The third-order valence-electron chi connectivity index (χ3n) is 4.82. The van der Waals surface area contributed by atoms with E-state index in [0.717, 1.165) is 0 Å². The van der Waals surface area contributed by atoms with Gasteiger partial charge in [0.1, 0.15) is 19.0 Å². The van der Waals surface area contributed by atoms with Gasteiger partial charge in [-0.15, -0.1) is 15.3 Å². The summed E-state index contributed by atoms with van der Waals surface area (Å²) >= 11 is 0. The van der Waals surface area contributed by atoms with Crippen LogP contribution in [0.1, 0.15) is 25.5 Å². The monoisotopic (exact) mass is 451 g/mol. The van der Waals surface area contributed by atoms with Gasteiger partial charge < -0.3 is 10.1 Å². The number of nitrogens with one attached hydrogen (secondary N) is 1. The highest BCUT2D eigenvalue weighted by Gasteiger charge is 2.11. The van der Waals surface area contributed by atoms with Crippen LogP contribution in [0.2, 0.25) is 0 Å². The number of nitrogens with zero attached hydrogens (tertiary/aromatic N) is 6. The maximum absolute atomic E-state index is 13.2. The zero-order valence-corrected chi connectivity index (χ0v) is 18.1. The smallest absolute Gasteiger partial charge is 0.254 e. The van der Waals surface area contributed by atoms with E-state index in [0.29, 0.717) is 28.6 Å². The van der Waals surface area contributed by atoms with Gasteiger partial charge in [-0.2, -0.15) is 4.52 Å². The van der Waals surface area contributed by atoms with Gasteiger partial charge in [-0.3, -0.25) is 14.2 Å². The molecule has 3 heterocycles. The molecule has 0 radical (unpaired) electrons. The van der Waals surface area contributed by atoms with Crippen molar-refractivity contribution in [3.05, 3.63) is 70.7 Å². The first-order valence-corrected chi connectivity index (χ1v) is 10.3. The van der Waals surface area contributed by atoms with Gasteiger partial charge in [0.2, 0.25) is 11.8 Å². The zero-order valence-electron chi connectivity index (χ0n) is 18.1. The van der Waals surface area contributed by atoms with E-state index in [1.807, 2.05) is 13.8 Å². The van der Waals surface area contributed by atoms with Gasteiger partial charge in [0.25, 0.3) is 5.56 Å². The molecule has 0 aliphatic rings. The highest BCUT2D eigenvalue weighted by Crippen LogP contribution is 2.19. The van der Waals surface area contributed by atoms with E-state index in [-0.39, 0.29) is 42.9 Å². The molecule has 0 unspecified atom stereocenters. The summed E-state index contributed by atoms with van der Waals surface area (Å²) in [5, 5.41) is 15.2. The standard InChI is InChI=1S/C22H22FN7O3/c1-14(2)17-11-21(32)29(13-25-17)12-19(31)24-9-10-33-20-8-7-18-26-27-22(30(18)28-20)15-3-5-16(23)6-4-15/h3-8,11,13-14H,9-10,12H2,1-2H3,(H,24,31). The van der Waals surface area contributed by atoms with Gasteiger partial charge >= 0.3 is 0 Å². The van der Waals surface area contributed by atoms with E-state index >= 15 is 0 Å². The summed E-state index contributed by atoms with van der Waals surface area (Å²) in [5.74, 6) is 0.216. The molecule has 3 aromatic heterocycles. The predicted octanol–water partition coefficient (Wildman–Crippen LogP) is 1.81. The molecule has 1 aromatic carbocycles. The minimum absolute atomic E-state index is 0.129. The van der Waals surface area contributed by atoms with E-state index in [1.165, 1.54) is 33.6 Å². The molecule has 0 aliphatic carbocycles. The van der Waals surface area contributed by atoms with E-state index in [2.05, 4.69) is 25.6 Å². The van der Waals surface area contributed by atoms with Crippen molar-refractivity contribution >= 4 is 11.6 Å². The van der Waals surface area contributed by atoms with E-state index in [1.54, 1.807) is 24.3 Å². The van der Waals surface area contributed by atoms with Gasteiger partial charge in [-0.1, -0.05) is 13.8 Å². The van der Waals surface area contributed by atoms with Gasteiger partial charge in [0.05, 0.1) is 18.6 Å². The van der Waals surface area contributed by atoms with E-state index in [4.69, 9.17) is 4.74 Å². The Hall–Kier alpha value is -4.15. The van der Waals surface area contributed by atoms with Crippen LogP contribution in [0.15, 0.2) is 53.6 Å². The third-order valence-corrected chi connectivity index (χ3v) is 4.82. The van der Waals surface area contributed by atoms with Crippen molar-refractivity contribution in [3.63, 3.8) is 0 Å². The molecule has 10 nitrogen and oxygen atoms in total. The lowest BCUT2D eigenvalue weighted by Gasteiger charge is -2.10. The van der Waals surface area contributed by atoms with Gasteiger partial charge in [-0.05, 0) is 36.2 Å². The van der Waals surface area contributed by atoms with Crippen LogP contribution < -0.4 is 15.6 Å². The number of amides is 1. The maximum Gasteiger partial charge on any atom is 0.254 e. The van der Waals surface area contributed by atoms with Crippen molar-refractivity contribution in [3.8, 4) is 17.3 Å². The normalized spacial score (nSPS) is 11.2. The summed E-state index contributed by atoms with van der Waals surface area (Å²) in [6, 6.07) is 10.6. The lowest BCUT2D eigenvalue weighted by atomic mass is 10.1. The Morgan fingerprint density at radius 1 is 1.15 bits per heavy atom. The summed E-state index contributed by atoms with van der Waals surface area (Å²) in [6.07, 6.45) is 1.38. The number of carbonyl (C=O) groups is 1. The summed E-state index contributed by atoms with van der Waals surface area (Å²) in [5.41, 5.74) is 1.58. The molecule has 4 aromatic rings. The number of rotatable bonds is 8. The Kier molecular flexibility index (Phi) is 6.38. The summed E-state index contributed by atoms with van der Waals surface area (Å²) in [4.78, 5) is 28.4. The lowest BCUT2D eigenvalue weighted by molar-refractivity contribution is -0.121. The quantitative estimate of drug-likeness (QED) is 0.406. The molecule has 0 bridgehead atoms. The first kappa shape index (κ1) is 22.1. The largest absolute Gasteiger partial charge is 0.475 e. The fourth-order valence-corrected chi connectivity index (χ4v) is 3.06. The Balaban J connectivity index is 1.33. The predicted molar refractivity (Wildman–Crippen MR) is 117 cm³/mol. The van der Waals surface area contributed by atoms with Crippen LogP contribution in [0.4, 0.5) is 4.39 Å². The number of hydrogen-bond donors (Lipinski definition) is 1. The van der Waals surface area contributed by atoms with Gasteiger partial charge in [0, 0.05) is 17.7 Å². The average Bonchev–Trinajstić information content (AvgIpc) is 3.22. The molecule has 0 saturated heterocycles. The van der Waals surface area contributed by atoms with Crippen LogP contribution >= 0.6 is 0 Å². The average molecular weight is 451 g/mol. The molecule has 170 valence electrons.